The van der Waals surface area contributed by atoms with Gasteiger partial charge in [0.25, 0.3) is 7.82 Å². The summed E-state index contributed by atoms with van der Waals surface area (Å²) in [5.74, 6) is -0.208. The van der Waals surface area contributed by atoms with Gasteiger partial charge < -0.3 is 28.8 Å². The molecule has 8 nitrogen and oxygen atoms in total. The number of amides is 1. The fourth-order valence-electron chi connectivity index (χ4n) is 9.12. The minimum Gasteiger partial charge on any atom is -0.756 e. The number of nitrogens with one attached hydrogen (secondary N) is 1. The third-order valence-electron chi connectivity index (χ3n) is 14.0. The molecule has 0 aliphatic rings. The predicted molar refractivity (Wildman–Crippen MR) is 311 cm³/mol. The normalized spacial score (nSPS) is 14.2. The number of nitrogens with zero attached hydrogens (tertiary/aromatic N) is 1. The summed E-state index contributed by atoms with van der Waals surface area (Å²) in [5, 5.41) is 13.9. The Morgan fingerprint density at radius 1 is 0.472 bits per heavy atom. The largest absolute Gasteiger partial charge is 0.756 e. The molecular weight excluding hydrogens is 912 g/mol. The number of quaternary nitrogens is 1. The predicted octanol–water partition coefficient (Wildman–Crippen LogP) is 18.5. The van der Waals surface area contributed by atoms with Crippen molar-refractivity contribution < 1.29 is 32.9 Å². The molecule has 0 rings (SSSR count). The maximum atomic E-state index is 13.0. The first-order chi connectivity index (χ1) is 35.0. The van der Waals surface area contributed by atoms with E-state index >= 15 is 0 Å². The third kappa shape index (κ3) is 56.2. The second-order valence-electron chi connectivity index (χ2n) is 22.4. The molecule has 0 saturated heterocycles. The maximum absolute atomic E-state index is 13.0. The van der Waals surface area contributed by atoms with Gasteiger partial charge in [0.15, 0.2) is 0 Å². The van der Waals surface area contributed by atoms with Crippen molar-refractivity contribution in [2.45, 2.75) is 309 Å². The number of aliphatic hydroxyl groups is 1. The maximum Gasteiger partial charge on any atom is 0.268 e. The molecular formula is C63H121N2O6P. The zero-order chi connectivity index (χ0) is 52.7. The molecule has 0 saturated carbocycles. The van der Waals surface area contributed by atoms with Crippen LogP contribution in [0, 0.1) is 0 Å². The number of unbranched alkanes of at least 4 members (excludes halogenated alkanes) is 38. The average molecular weight is 1030 g/mol. The summed E-state index contributed by atoms with van der Waals surface area (Å²) in [6.07, 6.45) is 72.1. The van der Waals surface area contributed by atoms with Crippen molar-refractivity contribution in [2.24, 2.45) is 0 Å². The molecule has 1 amide bonds. The molecule has 2 N–H and O–H groups in total. The summed E-state index contributed by atoms with van der Waals surface area (Å²) in [4.78, 5) is 25.5. The Morgan fingerprint density at radius 2 is 0.778 bits per heavy atom. The SMILES string of the molecule is CCCCCCCCCCC/C=C/CC/C=C/CC/C=C/C(O)C(COP(=O)([O-])OCC[N+](C)(C)C)NC(=O)CCCCCCCCCCCCCCCCC/C=C\CCCCCCCCCCCCCC. The van der Waals surface area contributed by atoms with Crippen LogP contribution in [0.25, 0.3) is 0 Å². The summed E-state index contributed by atoms with van der Waals surface area (Å²) in [6, 6.07) is -0.910. The van der Waals surface area contributed by atoms with Gasteiger partial charge in [-0.05, 0) is 70.6 Å². The number of rotatable bonds is 57. The lowest BCUT2D eigenvalue weighted by molar-refractivity contribution is -0.870. The molecule has 0 spiro atoms. The lowest BCUT2D eigenvalue weighted by Gasteiger charge is -2.29. The molecule has 0 bridgehead atoms. The summed E-state index contributed by atoms with van der Waals surface area (Å²) < 4.78 is 23.3. The van der Waals surface area contributed by atoms with E-state index in [1.54, 1.807) is 6.08 Å². The van der Waals surface area contributed by atoms with E-state index < -0.39 is 26.6 Å². The highest BCUT2D eigenvalue weighted by molar-refractivity contribution is 7.45. The Morgan fingerprint density at radius 3 is 1.12 bits per heavy atom. The van der Waals surface area contributed by atoms with E-state index in [0.29, 0.717) is 17.4 Å². The second kappa shape index (κ2) is 54.3. The van der Waals surface area contributed by atoms with Crippen molar-refractivity contribution in [1.29, 1.82) is 0 Å². The van der Waals surface area contributed by atoms with Gasteiger partial charge in [-0.25, -0.2) is 0 Å². The van der Waals surface area contributed by atoms with Gasteiger partial charge in [-0.2, -0.15) is 0 Å². The lowest BCUT2D eigenvalue weighted by atomic mass is 10.0. The van der Waals surface area contributed by atoms with E-state index in [4.69, 9.17) is 9.05 Å². The highest BCUT2D eigenvalue weighted by Crippen LogP contribution is 2.38. The number of allylic oxidation sites excluding steroid dienone is 7. The number of phosphoric acid groups is 1. The number of hydrogen-bond acceptors (Lipinski definition) is 6. The lowest BCUT2D eigenvalue weighted by Crippen LogP contribution is -2.45. The van der Waals surface area contributed by atoms with Crippen LogP contribution in [0.15, 0.2) is 48.6 Å². The van der Waals surface area contributed by atoms with E-state index in [-0.39, 0.29) is 12.5 Å². The van der Waals surface area contributed by atoms with E-state index in [2.05, 4.69) is 55.6 Å². The number of aliphatic hydroxyl groups excluding tert-OH is 1. The van der Waals surface area contributed by atoms with Crippen LogP contribution in [0.4, 0.5) is 0 Å². The molecule has 0 aliphatic heterocycles. The van der Waals surface area contributed by atoms with Crippen LogP contribution in [0.5, 0.6) is 0 Å². The van der Waals surface area contributed by atoms with E-state index in [9.17, 15) is 19.4 Å². The van der Waals surface area contributed by atoms with Crippen molar-refractivity contribution in [1.82, 2.24) is 5.32 Å². The Kier molecular flexibility index (Phi) is 53.1. The number of carbonyl (C=O) groups excluding carboxylic acids is 1. The van der Waals surface area contributed by atoms with Gasteiger partial charge >= 0.3 is 0 Å². The summed E-state index contributed by atoms with van der Waals surface area (Å²) in [5.41, 5.74) is 0. The zero-order valence-corrected chi connectivity index (χ0v) is 49.3. The second-order valence-corrected chi connectivity index (χ2v) is 23.8. The minimum atomic E-state index is -4.61. The van der Waals surface area contributed by atoms with Crippen molar-refractivity contribution >= 4 is 13.7 Å². The van der Waals surface area contributed by atoms with E-state index in [1.165, 1.54) is 231 Å². The highest BCUT2D eigenvalue weighted by atomic mass is 31.2. The number of hydrogen-bond donors (Lipinski definition) is 2. The Labute approximate surface area is 448 Å². The number of carbonyl (C=O) groups is 1. The molecule has 424 valence electrons. The van der Waals surface area contributed by atoms with Crippen LogP contribution in [-0.2, 0) is 18.4 Å². The topological polar surface area (TPSA) is 108 Å². The zero-order valence-electron chi connectivity index (χ0n) is 48.4. The highest BCUT2D eigenvalue weighted by Gasteiger charge is 2.23. The number of phosphoric ester groups is 1. The van der Waals surface area contributed by atoms with Gasteiger partial charge in [-0.1, -0.05) is 268 Å². The summed E-state index contributed by atoms with van der Waals surface area (Å²) >= 11 is 0. The smallest absolute Gasteiger partial charge is 0.268 e. The fourth-order valence-corrected chi connectivity index (χ4v) is 9.85. The van der Waals surface area contributed by atoms with Crippen LogP contribution < -0.4 is 10.2 Å². The van der Waals surface area contributed by atoms with Gasteiger partial charge in [0.1, 0.15) is 13.2 Å². The van der Waals surface area contributed by atoms with Crippen molar-refractivity contribution in [3.8, 4) is 0 Å². The van der Waals surface area contributed by atoms with Crippen LogP contribution >= 0.6 is 7.82 Å². The van der Waals surface area contributed by atoms with Gasteiger partial charge in [0.05, 0.1) is 39.9 Å². The van der Waals surface area contributed by atoms with Crippen molar-refractivity contribution in [2.75, 3.05) is 40.9 Å². The monoisotopic (exact) mass is 1030 g/mol. The van der Waals surface area contributed by atoms with E-state index in [1.807, 2.05) is 27.2 Å². The standard InChI is InChI=1S/C63H121N2O6P/c1-6-8-10-12-14-16-18-20-22-24-26-27-28-29-30-31-32-33-34-35-36-37-39-41-43-45-47-49-51-53-55-57-63(67)64-61(60-71-72(68,69)70-59-58-65(3,4)5)62(66)56-54-52-50-48-46-44-42-40-38-25-23-21-19-17-15-13-11-9-7-2/h29-30,38,40,46,48,54,56,61-62,66H,6-28,31-37,39,41-45,47,49-53,55,57-60H2,1-5H3,(H-,64,67,68,69)/b30-29-,40-38+,48-46+,56-54+. The van der Waals surface area contributed by atoms with Crippen LogP contribution in [0.2, 0.25) is 0 Å². The average Bonchev–Trinajstić information content (AvgIpc) is 3.34. The summed E-state index contributed by atoms with van der Waals surface area (Å²) in [7, 11) is 1.24. The molecule has 0 aliphatic carbocycles. The first-order valence-electron chi connectivity index (χ1n) is 31.0. The fraction of sp³-hybridized carbons (Fsp3) is 0.857. The summed E-state index contributed by atoms with van der Waals surface area (Å²) in [6.45, 7) is 4.65. The van der Waals surface area contributed by atoms with Gasteiger partial charge in [-0.3, -0.25) is 9.36 Å². The first kappa shape index (κ1) is 70.5. The molecule has 0 aromatic heterocycles. The Balaban J connectivity index is 4.13. The minimum absolute atomic E-state index is 0.00874. The molecule has 3 unspecified atom stereocenters. The van der Waals surface area contributed by atoms with Gasteiger partial charge in [0.2, 0.25) is 5.91 Å². The van der Waals surface area contributed by atoms with Crippen LogP contribution in [0.1, 0.15) is 296 Å². The van der Waals surface area contributed by atoms with E-state index in [0.717, 1.165) is 44.9 Å². The molecule has 0 radical (unpaired) electrons. The van der Waals surface area contributed by atoms with Gasteiger partial charge in [0, 0.05) is 6.42 Å². The van der Waals surface area contributed by atoms with Crippen LogP contribution in [0.3, 0.4) is 0 Å². The molecule has 9 heteroatoms. The number of likely N-dealkylation sites (N-methyl/N-ethyl adjacent to an activating group) is 1. The van der Waals surface area contributed by atoms with Crippen LogP contribution in [-0.4, -0.2) is 68.5 Å². The molecule has 0 heterocycles. The molecule has 0 aromatic rings. The molecule has 72 heavy (non-hydrogen) atoms. The van der Waals surface area contributed by atoms with Crippen molar-refractivity contribution in [3.05, 3.63) is 48.6 Å². The first-order valence-corrected chi connectivity index (χ1v) is 32.5. The Bertz CT molecular complexity index is 1310. The molecule has 3 atom stereocenters. The molecule has 0 fully saturated rings. The van der Waals surface area contributed by atoms with Gasteiger partial charge in [-0.15, -0.1) is 0 Å². The quantitative estimate of drug-likeness (QED) is 0.0272. The third-order valence-corrected chi connectivity index (χ3v) is 15.0. The molecule has 0 aromatic carbocycles. The Hall–Kier alpha value is -1.54. The van der Waals surface area contributed by atoms with Crippen molar-refractivity contribution in [3.63, 3.8) is 0 Å².